The Balaban J connectivity index is 1.89. The van der Waals surface area contributed by atoms with Crippen molar-refractivity contribution in [3.8, 4) is 6.07 Å². The monoisotopic (exact) mass is 293 g/mol. The SMILES string of the molecule is N#CC1CCc2ccccc2N1Cc1ccc([N+](=O)[O-])cc1. The molecule has 2 aromatic carbocycles. The molecular weight excluding hydrogens is 278 g/mol. The lowest BCUT2D eigenvalue weighted by atomic mass is 9.96. The van der Waals surface area contributed by atoms with Crippen LogP contribution in [0.15, 0.2) is 48.5 Å². The molecule has 1 unspecified atom stereocenters. The van der Waals surface area contributed by atoms with Gasteiger partial charge in [0, 0.05) is 24.4 Å². The summed E-state index contributed by atoms with van der Waals surface area (Å²) in [6.07, 6.45) is 1.71. The van der Waals surface area contributed by atoms with Gasteiger partial charge < -0.3 is 4.90 Å². The highest BCUT2D eigenvalue weighted by atomic mass is 16.6. The van der Waals surface area contributed by atoms with E-state index in [0.717, 1.165) is 24.1 Å². The Morgan fingerprint density at radius 1 is 1.23 bits per heavy atom. The minimum atomic E-state index is -0.405. The van der Waals surface area contributed by atoms with Gasteiger partial charge >= 0.3 is 0 Å². The molecule has 0 N–H and O–H groups in total. The molecule has 0 fully saturated rings. The molecule has 1 heterocycles. The second kappa shape index (κ2) is 5.86. The molecule has 110 valence electrons. The fourth-order valence-corrected chi connectivity index (χ4v) is 2.87. The maximum absolute atomic E-state index is 10.7. The predicted octanol–water partition coefficient (Wildman–Crippen LogP) is 3.44. The number of hydrogen-bond donors (Lipinski definition) is 0. The smallest absolute Gasteiger partial charge is 0.269 e. The highest BCUT2D eigenvalue weighted by Crippen LogP contribution is 2.31. The summed E-state index contributed by atoms with van der Waals surface area (Å²) in [5, 5.41) is 20.1. The fourth-order valence-electron chi connectivity index (χ4n) is 2.87. The first-order valence-corrected chi connectivity index (χ1v) is 7.16. The van der Waals surface area contributed by atoms with Gasteiger partial charge in [0.05, 0.1) is 11.0 Å². The highest BCUT2D eigenvalue weighted by molar-refractivity contribution is 5.58. The third-order valence-electron chi connectivity index (χ3n) is 4.01. The van der Waals surface area contributed by atoms with Gasteiger partial charge in [-0.3, -0.25) is 10.1 Å². The lowest BCUT2D eigenvalue weighted by Gasteiger charge is -2.35. The Hall–Kier alpha value is -2.87. The fraction of sp³-hybridized carbons (Fsp3) is 0.235. The number of nitro groups is 1. The number of rotatable bonds is 3. The van der Waals surface area contributed by atoms with Crippen molar-refractivity contribution < 1.29 is 4.92 Å². The van der Waals surface area contributed by atoms with Gasteiger partial charge in [-0.15, -0.1) is 0 Å². The number of non-ortho nitro benzene ring substituents is 1. The molecule has 0 radical (unpaired) electrons. The van der Waals surface area contributed by atoms with Crippen LogP contribution in [0.1, 0.15) is 17.5 Å². The first kappa shape index (κ1) is 14.1. The molecule has 0 aliphatic carbocycles. The van der Waals surface area contributed by atoms with E-state index in [-0.39, 0.29) is 11.7 Å². The Bertz CT molecular complexity index is 734. The maximum atomic E-state index is 10.7. The first-order valence-electron chi connectivity index (χ1n) is 7.16. The van der Waals surface area contributed by atoms with Crippen LogP contribution in [0, 0.1) is 21.4 Å². The summed E-state index contributed by atoms with van der Waals surface area (Å²) in [5.41, 5.74) is 3.37. The Morgan fingerprint density at radius 3 is 2.64 bits per heavy atom. The van der Waals surface area contributed by atoms with Crippen LogP contribution in [0.25, 0.3) is 0 Å². The standard InChI is InChI=1S/C17H15N3O2/c18-11-16-10-7-14-3-1-2-4-17(14)19(16)12-13-5-8-15(9-6-13)20(21)22/h1-6,8-9,16H,7,10,12H2. The molecular formula is C17H15N3O2. The van der Waals surface area contributed by atoms with Crippen LogP contribution in [0.5, 0.6) is 0 Å². The van der Waals surface area contributed by atoms with Crippen LogP contribution in [0.2, 0.25) is 0 Å². The van der Waals surface area contributed by atoms with Crippen molar-refractivity contribution >= 4 is 11.4 Å². The van der Waals surface area contributed by atoms with E-state index in [1.165, 1.54) is 17.7 Å². The minimum Gasteiger partial charge on any atom is -0.351 e. The van der Waals surface area contributed by atoms with Crippen LogP contribution in [-0.2, 0) is 13.0 Å². The summed E-state index contributed by atoms with van der Waals surface area (Å²) in [7, 11) is 0. The lowest BCUT2D eigenvalue weighted by Crippen LogP contribution is -2.37. The molecule has 0 aromatic heterocycles. The van der Waals surface area contributed by atoms with Crippen LogP contribution >= 0.6 is 0 Å². The summed E-state index contributed by atoms with van der Waals surface area (Å²) in [6, 6.07) is 16.8. The molecule has 0 bridgehead atoms. The number of aryl methyl sites for hydroxylation is 1. The van der Waals surface area contributed by atoms with Crippen LogP contribution < -0.4 is 4.90 Å². The topological polar surface area (TPSA) is 70.2 Å². The molecule has 1 aliphatic heterocycles. The van der Waals surface area contributed by atoms with Crippen LogP contribution in [-0.4, -0.2) is 11.0 Å². The van der Waals surface area contributed by atoms with Crippen LogP contribution in [0.3, 0.4) is 0 Å². The zero-order chi connectivity index (χ0) is 15.5. The second-order valence-corrected chi connectivity index (χ2v) is 5.36. The Kier molecular flexibility index (Phi) is 3.75. The zero-order valence-corrected chi connectivity index (χ0v) is 12.0. The summed E-state index contributed by atoms with van der Waals surface area (Å²) in [4.78, 5) is 12.4. The van der Waals surface area contributed by atoms with Gasteiger partial charge in [-0.05, 0) is 30.0 Å². The van der Waals surface area contributed by atoms with E-state index in [4.69, 9.17) is 0 Å². The van der Waals surface area contributed by atoms with E-state index in [1.54, 1.807) is 12.1 Å². The minimum absolute atomic E-state index is 0.0830. The molecule has 0 spiro atoms. The van der Waals surface area contributed by atoms with E-state index in [0.29, 0.717) is 6.54 Å². The maximum Gasteiger partial charge on any atom is 0.269 e. The average molecular weight is 293 g/mol. The van der Waals surface area contributed by atoms with E-state index >= 15 is 0 Å². The van der Waals surface area contributed by atoms with Crippen molar-refractivity contribution in [3.63, 3.8) is 0 Å². The number of nitro benzene ring substituents is 1. The quantitative estimate of drug-likeness (QED) is 0.642. The van der Waals surface area contributed by atoms with Crippen molar-refractivity contribution in [1.82, 2.24) is 0 Å². The van der Waals surface area contributed by atoms with E-state index in [2.05, 4.69) is 17.0 Å². The van der Waals surface area contributed by atoms with E-state index < -0.39 is 4.92 Å². The molecule has 1 atom stereocenters. The van der Waals surface area contributed by atoms with Gasteiger partial charge in [-0.1, -0.05) is 30.3 Å². The van der Waals surface area contributed by atoms with Gasteiger partial charge in [-0.2, -0.15) is 5.26 Å². The van der Waals surface area contributed by atoms with Gasteiger partial charge in [0.2, 0.25) is 0 Å². The van der Waals surface area contributed by atoms with Crippen LogP contribution in [0.4, 0.5) is 11.4 Å². The third kappa shape index (κ3) is 2.63. The number of para-hydroxylation sites is 1. The average Bonchev–Trinajstić information content (AvgIpc) is 2.55. The molecule has 22 heavy (non-hydrogen) atoms. The first-order chi connectivity index (χ1) is 10.7. The van der Waals surface area contributed by atoms with Crippen molar-refractivity contribution in [1.29, 1.82) is 5.26 Å². The number of nitriles is 1. The van der Waals surface area contributed by atoms with Crippen molar-refractivity contribution in [2.45, 2.75) is 25.4 Å². The molecule has 0 saturated heterocycles. The second-order valence-electron chi connectivity index (χ2n) is 5.36. The number of benzene rings is 2. The molecule has 0 amide bonds. The number of nitrogens with zero attached hydrogens (tertiary/aromatic N) is 3. The summed E-state index contributed by atoms with van der Waals surface area (Å²) in [5.74, 6) is 0. The zero-order valence-electron chi connectivity index (χ0n) is 12.0. The van der Waals surface area contributed by atoms with Gasteiger partial charge in [0.15, 0.2) is 0 Å². The molecule has 1 aliphatic rings. The highest BCUT2D eigenvalue weighted by Gasteiger charge is 2.25. The van der Waals surface area contributed by atoms with Crippen molar-refractivity contribution in [3.05, 3.63) is 69.8 Å². The molecule has 0 saturated carbocycles. The van der Waals surface area contributed by atoms with Gasteiger partial charge in [0.25, 0.3) is 5.69 Å². The summed E-state index contributed by atoms with van der Waals surface area (Å²) in [6.45, 7) is 0.577. The third-order valence-corrected chi connectivity index (χ3v) is 4.01. The summed E-state index contributed by atoms with van der Waals surface area (Å²) >= 11 is 0. The largest absolute Gasteiger partial charge is 0.351 e. The number of fused-ring (bicyclic) bond motifs is 1. The Morgan fingerprint density at radius 2 is 1.95 bits per heavy atom. The predicted molar refractivity (Wildman–Crippen MR) is 83.4 cm³/mol. The Labute approximate surface area is 128 Å². The normalized spacial score (nSPS) is 16.7. The van der Waals surface area contributed by atoms with Crippen molar-refractivity contribution in [2.75, 3.05) is 4.90 Å². The van der Waals surface area contributed by atoms with Gasteiger partial charge in [0.1, 0.15) is 6.04 Å². The molecule has 2 aromatic rings. The number of anilines is 1. The van der Waals surface area contributed by atoms with E-state index in [9.17, 15) is 15.4 Å². The molecule has 5 heteroatoms. The number of hydrogen-bond acceptors (Lipinski definition) is 4. The molecule has 3 rings (SSSR count). The van der Waals surface area contributed by atoms with Crippen molar-refractivity contribution in [2.24, 2.45) is 0 Å². The lowest BCUT2D eigenvalue weighted by molar-refractivity contribution is -0.384. The van der Waals surface area contributed by atoms with Gasteiger partial charge in [-0.25, -0.2) is 0 Å². The summed E-state index contributed by atoms with van der Waals surface area (Å²) < 4.78 is 0. The van der Waals surface area contributed by atoms with E-state index in [1.807, 2.05) is 18.2 Å². The molecule has 5 nitrogen and oxygen atoms in total.